The third kappa shape index (κ3) is 1.79. The molecular weight excluding hydrogens is 226 g/mol. The zero-order chi connectivity index (χ0) is 12.5. The third-order valence-corrected chi connectivity index (χ3v) is 1.79. The van der Waals surface area contributed by atoms with E-state index >= 15 is 0 Å². The number of phenolic OH excluding ortho intramolecular Hbond substituents is 1. The van der Waals surface area contributed by atoms with Crippen LogP contribution in [0.15, 0.2) is 6.07 Å². The van der Waals surface area contributed by atoms with Crippen LogP contribution in [-0.2, 0) is 4.79 Å². The van der Waals surface area contributed by atoms with Gasteiger partial charge in [-0.25, -0.2) is 13.6 Å². The van der Waals surface area contributed by atoms with Gasteiger partial charge in [-0.15, -0.1) is 0 Å². The summed E-state index contributed by atoms with van der Waals surface area (Å²) >= 11 is 0. The predicted molar refractivity (Wildman–Crippen MR) is 46.5 cm³/mol. The predicted octanol–water partition coefficient (Wildman–Crippen LogP) is 0.946. The Labute approximate surface area is 87.9 Å². The summed E-state index contributed by atoms with van der Waals surface area (Å²) in [6.45, 7) is 0. The van der Waals surface area contributed by atoms with E-state index in [9.17, 15) is 18.4 Å². The van der Waals surface area contributed by atoms with Gasteiger partial charge in [0.1, 0.15) is 5.56 Å². The normalized spacial score (nSPS) is 9.94. The average molecular weight is 232 g/mol. The van der Waals surface area contributed by atoms with Crippen molar-refractivity contribution in [2.45, 2.75) is 0 Å². The lowest BCUT2D eigenvalue weighted by molar-refractivity contribution is -0.131. The van der Waals surface area contributed by atoms with Crippen molar-refractivity contribution in [3.05, 3.63) is 23.3 Å². The van der Waals surface area contributed by atoms with Gasteiger partial charge in [0, 0.05) is 6.07 Å². The Bertz CT molecular complexity index is 469. The van der Waals surface area contributed by atoms with E-state index < -0.39 is 40.4 Å². The van der Waals surface area contributed by atoms with Gasteiger partial charge >= 0.3 is 5.97 Å². The molecule has 1 aromatic carbocycles. The molecule has 0 unspecified atom stereocenters. The number of hydrogen-bond donors (Lipinski definition) is 2. The molecule has 0 fully saturated rings. The quantitative estimate of drug-likeness (QED) is 0.598. The highest BCUT2D eigenvalue weighted by Crippen LogP contribution is 2.33. The molecule has 0 amide bonds. The van der Waals surface area contributed by atoms with Crippen molar-refractivity contribution < 1.29 is 33.3 Å². The molecule has 0 saturated carbocycles. The lowest BCUT2D eigenvalue weighted by atomic mass is 10.1. The van der Waals surface area contributed by atoms with Crippen LogP contribution < -0.4 is 4.74 Å². The summed E-state index contributed by atoms with van der Waals surface area (Å²) in [5.41, 5.74) is -1.05. The van der Waals surface area contributed by atoms with E-state index in [0.717, 1.165) is 7.11 Å². The Kier molecular flexibility index (Phi) is 3.07. The van der Waals surface area contributed by atoms with Crippen molar-refractivity contribution in [1.29, 1.82) is 0 Å². The number of aromatic hydroxyl groups is 1. The van der Waals surface area contributed by atoms with Gasteiger partial charge in [0.15, 0.2) is 23.1 Å². The molecule has 7 heteroatoms. The molecule has 16 heavy (non-hydrogen) atoms. The molecule has 5 nitrogen and oxygen atoms in total. The standard InChI is InChI=1S/C9H6F2O5/c1-16-8-4(11)2-3(10)6(12)5(8)7(13)9(14)15/h2,12H,1H3,(H,14,15). The van der Waals surface area contributed by atoms with E-state index in [1.807, 2.05) is 0 Å². The molecule has 0 bridgehead atoms. The number of hydrogen-bond acceptors (Lipinski definition) is 4. The fourth-order valence-electron chi connectivity index (χ4n) is 1.11. The second-order valence-corrected chi connectivity index (χ2v) is 2.73. The summed E-state index contributed by atoms with van der Waals surface area (Å²) in [5, 5.41) is 17.5. The first-order valence-corrected chi connectivity index (χ1v) is 3.92. The fraction of sp³-hybridized carbons (Fsp3) is 0.111. The van der Waals surface area contributed by atoms with Crippen LogP contribution in [0.2, 0.25) is 0 Å². The van der Waals surface area contributed by atoms with Gasteiger partial charge in [0.25, 0.3) is 5.78 Å². The van der Waals surface area contributed by atoms with E-state index in [0.29, 0.717) is 0 Å². The van der Waals surface area contributed by atoms with Crippen LogP contribution >= 0.6 is 0 Å². The highest BCUT2D eigenvalue weighted by atomic mass is 19.1. The van der Waals surface area contributed by atoms with E-state index in [-0.39, 0.29) is 6.07 Å². The summed E-state index contributed by atoms with van der Waals surface area (Å²) in [6.07, 6.45) is 0. The molecule has 0 aromatic heterocycles. The maximum atomic E-state index is 13.1. The molecule has 86 valence electrons. The number of ether oxygens (including phenoxy) is 1. The molecule has 0 spiro atoms. The number of aliphatic carboxylic acids is 1. The Balaban J connectivity index is 3.57. The van der Waals surface area contributed by atoms with Gasteiger partial charge in [-0.05, 0) is 0 Å². The average Bonchev–Trinajstić information content (AvgIpc) is 2.21. The second kappa shape index (κ2) is 4.13. The second-order valence-electron chi connectivity index (χ2n) is 2.73. The Morgan fingerprint density at radius 1 is 1.31 bits per heavy atom. The summed E-state index contributed by atoms with van der Waals surface area (Å²) in [5.74, 6) is -8.41. The number of carboxylic acids is 1. The summed E-state index contributed by atoms with van der Waals surface area (Å²) in [4.78, 5) is 21.5. The van der Waals surface area contributed by atoms with Gasteiger partial charge in [0.2, 0.25) is 0 Å². The van der Waals surface area contributed by atoms with Gasteiger partial charge in [-0.1, -0.05) is 0 Å². The van der Waals surface area contributed by atoms with Gasteiger partial charge < -0.3 is 14.9 Å². The summed E-state index contributed by atoms with van der Waals surface area (Å²) in [7, 11) is 0.953. The maximum absolute atomic E-state index is 13.1. The molecule has 0 heterocycles. The van der Waals surface area contributed by atoms with Gasteiger partial charge in [-0.2, -0.15) is 0 Å². The third-order valence-electron chi connectivity index (χ3n) is 1.79. The molecule has 1 aromatic rings. The number of carbonyl (C=O) groups is 2. The van der Waals surface area contributed by atoms with Crippen LogP contribution in [0, 0.1) is 11.6 Å². The number of Topliss-reactive ketones (excluding diaryl/α,β-unsaturated/α-hetero) is 1. The van der Waals surface area contributed by atoms with Crippen molar-refractivity contribution in [3.63, 3.8) is 0 Å². The number of benzene rings is 1. The van der Waals surface area contributed by atoms with Crippen LogP contribution in [0.25, 0.3) is 0 Å². The Morgan fingerprint density at radius 2 is 1.88 bits per heavy atom. The largest absolute Gasteiger partial charge is 0.504 e. The lowest BCUT2D eigenvalue weighted by Gasteiger charge is -2.09. The van der Waals surface area contributed by atoms with Crippen LogP contribution in [0.5, 0.6) is 11.5 Å². The first-order valence-electron chi connectivity index (χ1n) is 3.92. The van der Waals surface area contributed by atoms with E-state index in [4.69, 9.17) is 10.2 Å². The minimum atomic E-state index is -1.96. The van der Waals surface area contributed by atoms with Crippen LogP contribution in [-0.4, -0.2) is 29.1 Å². The van der Waals surface area contributed by atoms with E-state index in [2.05, 4.69) is 4.74 Å². The van der Waals surface area contributed by atoms with E-state index in [1.54, 1.807) is 0 Å². The molecule has 0 aliphatic heterocycles. The minimum Gasteiger partial charge on any atom is -0.504 e. The highest BCUT2D eigenvalue weighted by Gasteiger charge is 2.28. The summed E-state index contributed by atoms with van der Waals surface area (Å²) in [6, 6.07) is 0.285. The molecule has 2 N–H and O–H groups in total. The first-order chi connectivity index (χ1) is 7.40. The number of carbonyl (C=O) groups excluding carboxylic acids is 1. The maximum Gasteiger partial charge on any atom is 0.377 e. The number of carboxylic acid groups (broad SMARTS) is 1. The van der Waals surface area contributed by atoms with Crippen molar-refractivity contribution in [1.82, 2.24) is 0 Å². The SMILES string of the molecule is COc1c(F)cc(F)c(O)c1C(=O)C(=O)O. The molecule has 0 saturated heterocycles. The smallest absolute Gasteiger partial charge is 0.377 e. The number of phenols is 1. The number of ketones is 1. The van der Waals surface area contributed by atoms with E-state index in [1.165, 1.54) is 0 Å². The minimum absolute atomic E-state index is 0.285. The fourth-order valence-corrected chi connectivity index (χ4v) is 1.11. The van der Waals surface area contributed by atoms with Crippen LogP contribution in [0.3, 0.4) is 0 Å². The van der Waals surface area contributed by atoms with Gasteiger partial charge in [0.05, 0.1) is 7.11 Å². The first kappa shape index (κ1) is 11.9. The van der Waals surface area contributed by atoms with Crippen LogP contribution in [0.4, 0.5) is 8.78 Å². The topological polar surface area (TPSA) is 83.8 Å². The molecular formula is C9H6F2O5. The number of rotatable bonds is 3. The highest BCUT2D eigenvalue weighted by molar-refractivity contribution is 6.41. The molecule has 0 aliphatic rings. The van der Waals surface area contributed by atoms with Crippen molar-refractivity contribution in [2.75, 3.05) is 7.11 Å². The molecule has 0 atom stereocenters. The molecule has 0 aliphatic carbocycles. The van der Waals surface area contributed by atoms with Crippen molar-refractivity contribution in [2.24, 2.45) is 0 Å². The van der Waals surface area contributed by atoms with Crippen LogP contribution in [0.1, 0.15) is 10.4 Å². The monoisotopic (exact) mass is 232 g/mol. The molecule has 1 rings (SSSR count). The lowest BCUT2D eigenvalue weighted by Crippen LogP contribution is -2.15. The van der Waals surface area contributed by atoms with Gasteiger partial charge in [-0.3, -0.25) is 4.79 Å². The number of halogens is 2. The summed E-state index contributed by atoms with van der Waals surface area (Å²) < 4.78 is 30.4. The zero-order valence-electron chi connectivity index (χ0n) is 7.95. The Hall–Kier alpha value is -2.18. The van der Waals surface area contributed by atoms with Crippen molar-refractivity contribution >= 4 is 11.8 Å². The molecule has 0 radical (unpaired) electrons. The van der Waals surface area contributed by atoms with Crippen molar-refractivity contribution in [3.8, 4) is 11.5 Å². The zero-order valence-corrected chi connectivity index (χ0v) is 7.95. The number of methoxy groups -OCH3 is 1. The Morgan fingerprint density at radius 3 is 2.31 bits per heavy atom.